The van der Waals surface area contributed by atoms with Crippen LogP contribution < -0.4 is 11.1 Å². The highest BCUT2D eigenvalue weighted by Gasteiger charge is 2.29. The molecular formula is C16H21N3O3. The second-order valence-corrected chi connectivity index (χ2v) is 5.72. The monoisotopic (exact) mass is 303 g/mol. The summed E-state index contributed by atoms with van der Waals surface area (Å²) in [6.07, 6.45) is 1.02. The summed E-state index contributed by atoms with van der Waals surface area (Å²) >= 11 is 0. The number of piperidine rings is 1. The summed E-state index contributed by atoms with van der Waals surface area (Å²) in [5.74, 6) is -1.76. The van der Waals surface area contributed by atoms with Crippen LogP contribution in [0.2, 0.25) is 0 Å². The number of hydrogen-bond donors (Lipinski definition) is 2. The zero-order chi connectivity index (χ0) is 16.3. The number of hydrogen-bond acceptors (Lipinski definition) is 3. The van der Waals surface area contributed by atoms with Crippen molar-refractivity contribution in [2.45, 2.75) is 26.7 Å². The molecule has 1 saturated heterocycles. The number of likely N-dealkylation sites (tertiary alicyclic amines) is 1. The summed E-state index contributed by atoms with van der Waals surface area (Å²) in [6, 6.07) is 5.50. The average molecular weight is 303 g/mol. The van der Waals surface area contributed by atoms with Gasteiger partial charge >= 0.3 is 11.8 Å². The van der Waals surface area contributed by atoms with Gasteiger partial charge in [0.25, 0.3) is 0 Å². The van der Waals surface area contributed by atoms with Crippen molar-refractivity contribution in [1.29, 1.82) is 0 Å². The SMILES string of the molecule is Cc1ccc(NC(=O)C(=O)N2CCC(C(N)=O)CC2)cc1C. The first-order chi connectivity index (χ1) is 10.4. The van der Waals surface area contributed by atoms with Crippen LogP contribution in [0.25, 0.3) is 0 Å². The molecule has 2 rings (SSSR count). The molecule has 0 bridgehead atoms. The average Bonchev–Trinajstić information content (AvgIpc) is 2.50. The van der Waals surface area contributed by atoms with E-state index in [0.29, 0.717) is 31.6 Å². The van der Waals surface area contributed by atoms with Gasteiger partial charge in [0.05, 0.1) is 0 Å². The normalized spacial score (nSPS) is 15.5. The molecule has 0 atom stereocenters. The van der Waals surface area contributed by atoms with Crippen molar-refractivity contribution in [3.05, 3.63) is 29.3 Å². The van der Waals surface area contributed by atoms with Crippen LogP contribution >= 0.6 is 0 Å². The molecule has 0 unspecified atom stereocenters. The number of nitrogens with two attached hydrogens (primary N) is 1. The van der Waals surface area contributed by atoms with Crippen LogP contribution in [0.4, 0.5) is 5.69 Å². The lowest BCUT2D eigenvalue weighted by atomic mass is 9.96. The van der Waals surface area contributed by atoms with E-state index in [-0.39, 0.29) is 11.8 Å². The fraction of sp³-hybridized carbons (Fsp3) is 0.438. The number of aryl methyl sites for hydroxylation is 2. The molecule has 1 aromatic rings. The number of anilines is 1. The quantitative estimate of drug-likeness (QED) is 0.797. The van der Waals surface area contributed by atoms with Gasteiger partial charge in [-0.15, -0.1) is 0 Å². The maximum Gasteiger partial charge on any atom is 0.313 e. The Hall–Kier alpha value is -2.37. The topological polar surface area (TPSA) is 92.5 Å². The van der Waals surface area contributed by atoms with Gasteiger partial charge in [-0.2, -0.15) is 0 Å². The predicted octanol–water partition coefficient (Wildman–Crippen LogP) is 0.966. The predicted molar refractivity (Wildman–Crippen MR) is 83.0 cm³/mol. The van der Waals surface area contributed by atoms with Crippen molar-refractivity contribution >= 4 is 23.4 Å². The Balaban J connectivity index is 1.94. The molecule has 0 saturated carbocycles. The molecule has 0 spiro atoms. The lowest BCUT2D eigenvalue weighted by Crippen LogP contribution is -2.46. The minimum absolute atomic E-state index is 0.202. The van der Waals surface area contributed by atoms with Gasteiger partial charge in [-0.3, -0.25) is 14.4 Å². The highest BCUT2D eigenvalue weighted by Crippen LogP contribution is 2.18. The van der Waals surface area contributed by atoms with Crippen LogP contribution in [0.5, 0.6) is 0 Å². The molecule has 1 aliphatic rings. The summed E-state index contributed by atoms with van der Waals surface area (Å²) in [7, 11) is 0. The largest absolute Gasteiger partial charge is 0.369 e. The van der Waals surface area contributed by atoms with Crippen molar-refractivity contribution in [3.8, 4) is 0 Å². The Labute approximate surface area is 129 Å². The zero-order valence-electron chi connectivity index (χ0n) is 12.9. The van der Waals surface area contributed by atoms with Crippen molar-refractivity contribution in [2.24, 2.45) is 11.7 Å². The van der Waals surface area contributed by atoms with E-state index in [4.69, 9.17) is 5.73 Å². The molecule has 1 heterocycles. The summed E-state index contributed by atoms with van der Waals surface area (Å²) in [6.45, 7) is 4.69. The Morgan fingerprint density at radius 1 is 1.14 bits per heavy atom. The first kappa shape index (κ1) is 16.0. The summed E-state index contributed by atoms with van der Waals surface area (Å²) in [5, 5.41) is 2.62. The molecule has 1 aromatic carbocycles. The third-order valence-electron chi connectivity index (χ3n) is 4.14. The highest BCUT2D eigenvalue weighted by molar-refractivity contribution is 6.39. The Morgan fingerprint density at radius 3 is 2.32 bits per heavy atom. The van der Waals surface area contributed by atoms with E-state index in [9.17, 15) is 14.4 Å². The minimum Gasteiger partial charge on any atom is -0.369 e. The van der Waals surface area contributed by atoms with Crippen LogP contribution in [0, 0.1) is 19.8 Å². The van der Waals surface area contributed by atoms with E-state index in [0.717, 1.165) is 11.1 Å². The van der Waals surface area contributed by atoms with Crippen LogP contribution in [0.1, 0.15) is 24.0 Å². The standard InChI is InChI=1S/C16H21N3O3/c1-10-3-4-13(9-11(10)2)18-15(21)16(22)19-7-5-12(6-8-19)14(17)20/h3-4,9,12H,5-8H2,1-2H3,(H2,17,20)(H,18,21). The van der Waals surface area contributed by atoms with Gasteiger partial charge < -0.3 is 16.0 Å². The minimum atomic E-state index is -0.652. The van der Waals surface area contributed by atoms with E-state index in [1.54, 1.807) is 6.07 Å². The fourth-order valence-electron chi connectivity index (χ4n) is 2.51. The summed E-state index contributed by atoms with van der Waals surface area (Å²) in [5.41, 5.74) is 8.03. The van der Waals surface area contributed by atoms with Gasteiger partial charge in [0.2, 0.25) is 5.91 Å². The smallest absolute Gasteiger partial charge is 0.313 e. The molecule has 6 nitrogen and oxygen atoms in total. The molecule has 118 valence electrons. The molecule has 22 heavy (non-hydrogen) atoms. The van der Waals surface area contributed by atoms with E-state index in [1.165, 1.54) is 4.90 Å². The van der Waals surface area contributed by atoms with Crippen LogP contribution in [-0.2, 0) is 14.4 Å². The Morgan fingerprint density at radius 2 is 1.77 bits per heavy atom. The number of benzene rings is 1. The van der Waals surface area contributed by atoms with Crippen molar-refractivity contribution < 1.29 is 14.4 Å². The number of carbonyl (C=O) groups is 3. The van der Waals surface area contributed by atoms with Crippen LogP contribution in [0.15, 0.2) is 18.2 Å². The lowest BCUT2D eigenvalue weighted by Gasteiger charge is -2.29. The van der Waals surface area contributed by atoms with E-state index in [1.807, 2.05) is 26.0 Å². The second-order valence-electron chi connectivity index (χ2n) is 5.72. The third kappa shape index (κ3) is 3.63. The van der Waals surface area contributed by atoms with Crippen molar-refractivity contribution in [2.75, 3.05) is 18.4 Å². The van der Waals surface area contributed by atoms with Gasteiger partial charge in [-0.25, -0.2) is 0 Å². The molecule has 6 heteroatoms. The molecule has 0 radical (unpaired) electrons. The van der Waals surface area contributed by atoms with Crippen molar-refractivity contribution in [3.63, 3.8) is 0 Å². The lowest BCUT2D eigenvalue weighted by molar-refractivity contribution is -0.144. The van der Waals surface area contributed by atoms with E-state index < -0.39 is 11.8 Å². The van der Waals surface area contributed by atoms with Gasteiger partial charge in [-0.1, -0.05) is 6.07 Å². The maximum atomic E-state index is 12.1. The molecule has 3 N–H and O–H groups in total. The van der Waals surface area contributed by atoms with Gasteiger partial charge in [-0.05, 0) is 49.9 Å². The summed E-state index contributed by atoms with van der Waals surface area (Å²) in [4.78, 5) is 36.7. The van der Waals surface area contributed by atoms with Crippen LogP contribution in [-0.4, -0.2) is 35.7 Å². The second kappa shape index (κ2) is 6.60. The highest BCUT2D eigenvalue weighted by atomic mass is 16.2. The molecule has 0 aromatic heterocycles. The van der Waals surface area contributed by atoms with Crippen molar-refractivity contribution in [1.82, 2.24) is 4.90 Å². The molecule has 1 aliphatic heterocycles. The Bertz CT molecular complexity index is 605. The number of primary amides is 1. The van der Waals surface area contributed by atoms with E-state index in [2.05, 4.69) is 5.32 Å². The maximum absolute atomic E-state index is 12.1. The first-order valence-corrected chi connectivity index (χ1v) is 7.35. The molecule has 3 amide bonds. The third-order valence-corrected chi connectivity index (χ3v) is 4.14. The van der Waals surface area contributed by atoms with Crippen LogP contribution in [0.3, 0.4) is 0 Å². The number of nitrogens with one attached hydrogen (secondary N) is 1. The summed E-state index contributed by atoms with van der Waals surface area (Å²) < 4.78 is 0. The fourth-order valence-corrected chi connectivity index (χ4v) is 2.51. The van der Waals surface area contributed by atoms with E-state index >= 15 is 0 Å². The molecule has 0 aliphatic carbocycles. The molecular weight excluding hydrogens is 282 g/mol. The van der Waals surface area contributed by atoms with Gasteiger partial charge in [0.1, 0.15) is 0 Å². The number of nitrogens with zero attached hydrogens (tertiary/aromatic N) is 1. The Kier molecular flexibility index (Phi) is 4.80. The number of rotatable bonds is 2. The number of carbonyl (C=O) groups excluding carboxylic acids is 3. The first-order valence-electron chi connectivity index (χ1n) is 7.35. The molecule has 1 fully saturated rings. The number of amides is 3. The van der Waals surface area contributed by atoms with Gasteiger partial charge in [0.15, 0.2) is 0 Å². The zero-order valence-corrected chi connectivity index (χ0v) is 12.9. The van der Waals surface area contributed by atoms with Gasteiger partial charge in [0, 0.05) is 24.7 Å².